The van der Waals surface area contributed by atoms with E-state index in [1.165, 1.54) is 16.9 Å². The molecule has 22 heavy (non-hydrogen) atoms. The summed E-state index contributed by atoms with van der Waals surface area (Å²) in [7, 11) is 0. The molecule has 0 unspecified atom stereocenters. The molecule has 1 saturated heterocycles. The van der Waals surface area contributed by atoms with Crippen molar-refractivity contribution in [3.05, 3.63) is 16.3 Å². The number of carbonyl (C=O) groups excluding carboxylic acids is 1. The Hall–Kier alpha value is -1.69. The van der Waals surface area contributed by atoms with Crippen LogP contribution in [0.3, 0.4) is 0 Å². The molecule has 1 aliphatic rings. The van der Waals surface area contributed by atoms with Crippen molar-refractivity contribution in [1.29, 1.82) is 0 Å². The molecule has 5 nitrogen and oxygen atoms in total. The van der Waals surface area contributed by atoms with Gasteiger partial charge in [-0.05, 0) is 45.6 Å². The molecule has 6 heteroatoms. The third-order valence-corrected chi connectivity index (χ3v) is 5.36. The van der Waals surface area contributed by atoms with Crippen LogP contribution in [-0.2, 0) is 4.79 Å². The molecule has 1 amide bonds. The van der Waals surface area contributed by atoms with Crippen molar-refractivity contribution >= 4 is 33.3 Å². The molecular weight excluding hydrogens is 296 g/mol. The van der Waals surface area contributed by atoms with Crippen LogP contribution in [0.25, 0.3) is 10.2 Å². The predicted molar refractivity (Wildman–Crippen MR) is 90.5 cm³/mol. The molecule has 3 heterocycles. The highest BCUT2D eigenvalue weighted by Crippen LogP contribution is 2.33. The first-order valence-corrected chi connectivity index (χ1v) is 8.64. The van der Waals surface area contributed by atoms with Crippen molar-refractivity contribution in [2.24, 2.45) is 0 Å². The molecule has 1 fully saturated rings. The predicted octanol–water partition coefficient (Wildman–Crippen LogP) is 3.04. The Morgan fingerprint density at radius 2 is 1.91 bits per heavy atom. The number of nitrogens with zero attached hydrogens (tertiary/aromatic N) is 3. The number of hydrogen-bond donors (Lipinski definition) is 1. The number of hydrogen-bond acceptors (Lipinski definition) is 5. The number of rotatable bonds is 3. The summed E-state index contributed by atoms with van der Waals surface area (Å²) in [4.78, 5) is 25.5. The second-order valence-electron chi connectivity index (χ2n) is 5.88. The van der Waals surface area contributed by atoms with E-state index >= 15 is 0 Å². The van der Waals surface area contributed by atoms with Crippen LogP contribution in [0.5, 0.6) is 0 Å². The zero-order chi connectivity index (χ0) is 15.7. The van der Waals surface area contributed by atoms with E-state index in [0.717, 1.165) is 47.8 Å². The van der Waals surface area contributed by atoms with Gasteiger partial charge in [0.1, 0.15) is 16.5 Å². The largest absolute Gasteiger partial charge is 0.360 e. The van der Waals surface area contributed by atoms with Gasteiger partial charge in [-0.2, -0.15) is 0 Å². The van der Waals surface area contributed by atoms with Gasteiger partial charge >= 0.3 is 0 Å². The molecule has 118 valence electrons. The quantitative estimate of drug-likeness (QED) is 0.945. The second kappa shape index (κ2) is 6.20. The maximum atomic E-state index is 12.3. The van der Waals surface area contributed by atoms with Crippen LogP contribution < -0.4 is 5.32 Å². The Kier molecular flexibility index (Phi) is 4.29. The molecule has 0 spiro atoms. The van der Waals surface area contributed by atoms with Crippen molar-refractivity contribution < 1.29 is 4.79 Å². The van der Waals surface area contributed by atoms with Gasteiger partial charge in [0.05, 0.1) is 11.9 Å². The minimum atomic E-state index is 0.161. The Morgan fingerprint density at radius 3 is 2.64 bits per heavy atom. The number of fused-ring (bicyclic) bond motifs is 1. The van der Waals surface area contributed by atoms with Gasteiger partial charge in [0.2, 0.25) is 5.91 Å². The number of anilines is 1. The molecule has 1 N–H and O–H groups in total. The van der Waals surface area contributed by atoms with Crippen LogP contribution in [0.15, 0.2) is 0 Å². The van der Waals surface area contributed by atoms with Crippen molar-refractivity contribution in [3.63, 3.8) is 0 Å². The average Bonchev–Trinajstić information content (AvgIpc) is 2.80. The standard InChI is InChI=1S/C16H22N4OS/c1-10-11(2)22-16-14(10)15(18-12(3)19-16)17-9-13(21)20-7-5-4-6-8-20/h4-9H2,1-3H3,(H,17,18,19). The highest BCUT2D eigenvalue weighted by atomic mass is 32.1. The van der Waals surface area contributed by atoms with Crippen molar-refractivity contribution in [2.75, 3.05) is 25.0 Å². The van der Waals surface area contributed by atoms with Gasteiger partial charge in [-0.25, -0.2) is 9.97 Å². The smallest absolute Gasteiger partial charge is 0.241 e. The second-order valence-corrected chi connectivity index (χ2v) is 7.08. The Balaban J connectivity index is 1.80. The molecule has 3 rings (SSSR count). The fourth-order valence-electron chi connectivity index (χ4n) is 2.90. The first-order valence-electron chi connectivity index (χ1n) is 7.82. The van der Waals surface area contributed by atoms with E-state index in [0.29, 0.717) is 6.54 Å². The molecule has 1 aliphatic heterocycles. The van der Waals surface area contributed by atoms with Crippen LogP contribution in [0.2, 0.25) is 0 Å². The van der Waals surface area contributed by atoms with Gasteiger partial charge in [-0.1, -0.05) is 0 Å². The summed E-state index contributed by atoms with van der Waals surface area (Å²) in [6.07, 6.45) is 3.47. The molecule has 0 bridgehead atoms. The number of nitrogens with one attached hydrogen (secondary N) is 1. The van der Waals surface area contributed by atoms with Gasteiger partial charge in [0, 0.05) is 18.0 Å². The SMILES string of the molecule is Cc1nc(NCC(=O)N2CCCCC2)c2c(C)c(C)sc2n1. The third kappa shape index (κ3) is 2.92. The highest BCUT2D eigenvalue weighted by molar-refractivity contribution is 7.18. The summed E-state index contributed by atoms with van der Waals surface area (Å²) in [5, 5.41) is 4.30. The Morgan fingerprint density at radius 1 is 1.18 bits per heavy atom. The normalized spacial score (nSPS) is 15.3. The summed E-state index contributed by atoms with van der Waals surface area (Å²) in [5.74, 6) is 1.69. The van der Waals surface area contributed by atoms with E-state index in [-0.39, 0.29) is 5.91 Å². The summed E-state index contributed by atoms with van der Waals surface area (Å²) >= 11 is 1.68. The van der Waals surface area contributed by atoms with Crippen LogP contribution in [-0.4, -0.2) is 40.4 Å². The van der Waals surface area contributed by atoms with E-state index in [9.17, 15) is 4.79 Å². The van der Waals surface area contributed by atoms with E-state index in [1.807, 2.05) is 11.8 Å². The van der Waals surface area contributed by atoms with Crippen LogP contribution in [0, 0.1) is 20.8 Å². The van der Waals surface area contributed by atoms with E-state index in [4.69, 9.17) is 0 Å². The van der Waals surface area contributed by atoms with Crippen molar-refractivity contribution in [1.82, 2.24) is 14.9 Å². The van der Waals surface area contributed by atoms with Gasteiger partial charge in [-0.15, -0.1) is 11.3 Å². The monoisotopic (exact) mass is 318 g/mol. The van der Waals surface area contributed by atoms with Gasteiger partial charge in [0.15, 0.2) is 0 Å². The zero-order valence-electron chi connectivity index (χ0n) is 13.4. The van der Waals surface area contributed by atoms with Crippen LogP contribution >= 0.6 is 11.3 Å². The Bertz CT molecular complexity index is 704. The first-order chi connectivity index (χ1) is 10.6. The number of piperidine rings is 1. The maximum absolute atomic E-state index is 12.3. The van der Waals surface area contributed by atoms with Gasteiger partial charge in [0.25, 0.3) is 0 Å². The average molecular weight is 318 g/mol. The molecule has 0 saturated carbocycles. The van der Waals surface area contributed by atoms with Crippen molar-refractivity contribution in [3.8, 4) is 0 Å². The summed E-state index contributed by atoms with van der Waals surface area (Å²) in [5.41, 5.74) is 1.20. The van der Waals surface area contributed by atoms with Crippen molar-refractivity contribution in [2.45, 2.75) is 40.0 Å². The lowest BCUT2D eigenvalue weighted by atomic mass is 10.1. The molecule has 2 aromatic rings. The number of carbonyl (C=O) groups is 1. The summed E-state index contributed by atoms with van der Waals surface area (Å²) < 4.78 is 0. The maximum Gasteiger partial charge on any atom is 0.241 e. The van der Waals surface area contributed by atoms with E-state index in [2.05, 4.69) is 29.1 Å². The summed E-state index contributed by atoms with van der Waals surface area (Å²) in [6.45, 7) is 8.15. The lowest BCUT2D eigenvalue weighted by Gasteiger charge is -2.26. The van der Waals surface area contributed by atoms with Gasteiger partial charge in [-0.3, -0.25) is 4.79 Å². The fourth-order valence-corrected chi connectivity index (χ4v) is 3.97. The van der Waals surface area contributed by atoms with Gasteiger partial charge < -0.3 is 10.2 Å². The highest BCUT2D eigenvalue weighted by Gasteiger charge is 2.18. The summed E-state index contributed by atoms with van der Waals surface area (Å²) in [6, 6.07) is 0. The van der Waals surface area contributed by atoms with Crippen LogP contribution in [0.4, 0.5) is 5.82 Å². The lowest BCUT2D eigenvalue weighted by Crippen LogP contribution is -2.39. The number of thiophene rings is 1. The molecule has 0 aromatic carbocycles. The lowest BCUT2D eigenvalue weighted by molar-refractivity contribution is -0.130. The fraction of sp³-hybridized carbons (Fsp3) is 0.562. The Labute approximate surface area is 134 Å². The number of likely N-dealkylation sites (tertiary alicyclic amines) is 1. The number of aromatic nitrogens is 2. The third-order valence-electron chi connectivity index (χ3n) is 4.26. The molecule has 2 aromatic heterocycles. The molecule has 0 aliphatic carbocycles. The van der Waals surface area contributed by atoms with E-state index < -0.39 is 0 Å². The molecular formula is C16H22N4OS. The first kappa shape index (κ1) is 15.2. The topological polar surface area (TPSA) is 58.1 Å². The minimum absolute atomic E-state index is 0.161. The number of amides is 1. The van der Waals surface area contributed by atoms with E-state index in [1.54, 1.807) is 11.3 Å². The minimum Gasteiger partial charge on any atom is -0.360 e. The number of aryl methyl sites for hydroxylation is 3. The van der Waals surface area contributed by atoms with Crippen LogP contribution in [0.1, 0.15) is 35.5 Å². The zero-order valence-corrected chi connectivity index (χ0v) is 14.2. The molecule has 0 radical (unpaired) electrons. The molecule has 0 atom stereocenters.